The Morgan fingerprint density at radius 1 is 1.32 bits per heavy atom. The number of carbonyl (C=O) groups excluding carboxylic acids is 1. The lowest BCUT2D eigenvalue weighted by Crippen LogP contribution is -2.13. The molecule has 0 spiro atoms. The van der Waals surface area contributed by atoms with Gasteiger partial charge in [-0.2, -0.15) is 0 Å². The fourth-order valence-corrected chi connectivity index (χ4v) is 2.57. The summed E-state index contributed by atoms with van der Waals surface area (Å²) in [5, 5.41) is 0. The standard InChI is InChI=1S/C17H22O2/c1-13(2)19-17(18)12-14-8-10-16(11-9-14)15-6-4-3-5-7-15/h3-8,13,16H,9-12H2,1-2H3. The molecule has 0 N–H and O–H groups in total. The van der Waals surface area contributed by atoms with Gasteiger partial charge in [-0.15, -0.1) is 0 Å². The van der Waals surface area contributed by atoms with Gasteiger partial charge in [0.05, 0.1) is 12.5 Å². The molecule has 0 saturated carbocycles. The first-order valence-electron chi connectivity index (χ1n) is 7.07. The molecule has 1 unspecified atom stereocenters. The Hall–Kier alpha value is -1.57. The summed E-state index contributed by atoms with van der Waals surface area (Å²) in [6.07, 6.45) is 5.84. The third-order valence-corrected chi connectivity index (χ3v) is 3.51. The van der Waals surface area contributed by atoms with E-state index in [0.29, 0.717) is 12.3 Å². The van der Waals surface area contributed by atoms with E-state index in [1.807, 2.05) is 13.8 Å². The maximum Gasteiger partial charge on any atom is 0.310 e. The van der Waals surface area contributed by atoms with Gasteiger partial charge >= 0.3 is 5.97 Å². The second kappa shape index (κ2) is 6.55. The molecule has 1 atom stereocenters. The molecule has 2 heteroatoms. The van der Waals surface area contributed by atoms with Gasteiger partial charge in [-0.3, -0.25) is 4.79 Å². The molecule has 0 saturated heterocycles. The van der Waals surface area contributed by atoms with Crippen LogP contribution in [0.1, 0.15) is 51.0 Å². The number of hydrogen-bond acceptors (Lipinski definition) is 2. The Morgan fingerprint density at radius 2 is 2.05 bits per heavy atom. The van der Waals surface area contributed by atoms with Crippen molar-refractivity contribution in [2.24, 2.45) is 0 Å². The number of esters is 1. The van der Waals surface area contributed by atoms with Crippen LogP contribution in [-0.2, 0) is 9.53 Å². The van der Waals surface area contributed by atoms with Crippen molar-refractivity contribution in [3.8, 4) is 0 Å². The SMILES string of the molecule is CC(C)OC(=O)CC1=CCC(c2ccccc2)CC1. The average molecular weight is 258 g/mol. The van der Waals surface area contributed by atoms with Crippen molar-refractivity contribution >= 4 is 5.97 Å². The van der Waals surface area contributed by atoms with Crippen LogP contribution >= 0.6 is 0 Å². The maximum atomic E-state index is 11.6. The quantitative estimate of drug-likeness (QED) is 0.597. The maximum absolute atomic E-state index is 11.6. The first kappa shape index (κ1) is 13.9. The van der Waals surface area contributed by atoms with E-state index < -0.39 is 0 Å². The van der Waals surface area contributed by atoms with Gasteiger partial charge in [0.15, 0.2) is 0 Å². The van der Waals surface area contributed by atoms with Crippen LogP contribution in [0.15, 0.2) is 42.0 Å². The Balaban J connectivity index is 1.88. The highest BCUT2D eigenvalue weighted by Crippen LogP contribution is 2.33. The second-order valence-corrected chi connectivity index (χ2v) is 5.46. The van der Waals surface area contributed by atoms with Crippen molar-refractivity contribution < 1.29 is 9.53 Å². The van der Waals surface area contributed by atoms with Crippen LogP contribution in [-0.4, -0.2) is 12.1 Å². The van der Waals surface area contributed by atoms with Gasteiger partial charge in [0.2, 0.25) is 0 Å². The molecule has 1 aliphatic rings. The molecule has 1 aliphatic carbocycles. The normalized spacial score (nSPS) is 19.1. The highest BCUT2D eigenvalue weighted by Gasteiger charge is 2.18. The Kier molecular flexibility index (Phi) is 4.78. The van der Waals surface area contributed by atoms with Crippen molar-refractivity contribution in [2.75, 3.05) is 0 Å². The van der Waals surface area contributed by atoms with Gasteiger partial charge in [0.1, 0.15) is 0 Å². The third kappa shape index (κ3) is 4.23. The molecule has 2 nitrogen and oxygen atoms in total. The average Bonchev–Trinajstić information content (AvgIpc) is 2.39. The molecule has 0 aromatic heterocycles. The Bertz CT molecular complexity index is 446. The predicted octanol–water partition coefficient (Wildman–Crippen LogP) is 4.22. The first-order chi connectivity index (χ1) is 9.15. The predicted molar refractivity (Wildman–Crippen MR) is 77.0 cm³/mol. The lowest BCUT2D eigenvalue weighted by Gasteiger charge is -2.22. The molecule has 1 aromatic rings. The van der Waals surface area contributed by atoms with E-state index in [9.17, 15) is 4.79 Å². The molecule has 102 valence electrons. The van der Waals surface area contributed by atoms with Crippen molar-refractivity contribution in [1.82, 2.24) is 0 Å². The summed E-state index contributed by atoms with van der Waals surface area (Å²) in [7, 11) is 0. The van der Waals surface area contributed by atoms with Crippen LogP contribution in [0.2, 0.25) is 0 Å². The van der Waals surface area contributed by atoms with E-state index in [0.717, 1.165) is 19.3 Å². The van der Waals surface area contributed by atoms with E-state index in [-0.39, 0.29) is 12.1 Å². The lowest BCUT2D eigenvalue weighted by molar-refractivity contribution is -0.146. The molecule has 0 bridgehead atoms. The van der Waals surface area contributed by atoms with E-state index in [1.165, 1.54) is 11.1 Å². The molecular formula is C17H22O2. The Morgan fingerprint density at radius 3 is 2.63 bits per heavy atom. The molecule has 0 heterocycles. The molecule has 2 rings (SSSR count). The fraction of sp³-hybridized carbons (Fsp3) is 0.471. The molecule has 0 aliphatic heterocycles. The number of hydrogen-bond donors (Lipinski definition) is 0. The summed E-state index contributed by atoms with van der Waals surface area (Å²) < 4.78 is 5.18. The lowest BCUT2D eigenvalue weighted by atomic mass is 9.84. The minimum atomic E-state index is -0.0978. The van der Waals surface area contributed by atoms with E-state index >= 15 is 0 Å². The summed E-state index contributed by atoms with van der Waals surface area (Å²) in [6, 6.07) is 10.6. The van der Waals surface area contributed by atoms with E-state index in [4.69, 9.17) is 4.74 Å². The van der Waals surface area contributed by atoms with E-state index in [2.05, 4.69) is 36.4 Å². The zero-order valence-electron chi connectivity index (χ0n) is 11.8. The summed E-state index contributed by atoms with van der Waals surface area (Å²) in [4.78, 5) is 11.6. The minimum Gasteiger partial charge on any atom is -0.463 e. The number of ether oxygens (including phenoxy) is 1. The molecule has 1 aromatic carbocycles. The monoisotopic (exact) mass is 258 g/mol. The summed E-state index contributed by atoms with van der Waals surface area (Å²) in [6.45, 7) is 3.77. The summed E-state index contributed by atoms with van der Waals surface area (Å²) >= 11 is 0. The first-order valence-corrected chi connectivity index (χ1v) is 7.07. The smallest absolute Gasteiger partial charge is 0.310 e. The number of rotatable bonds is 4. The summed E-state index contributed by atoms with van der Waals surface area (Å²) in [5.41, 5.74) is 2.64. The van der Waals surface area contributed by atoms with Crippen LogP contribution in [0.3, 0.4) is 0 Å². The van der Waals surface area contributed by atoms with Crippen LogP contribution in [0.25, 0.3) is 0 Å². The van der Waals surface area contributed by atoms with Gasteiger partial charge < -0.3 is 4.74 Å². The second-order valence-electron chi connectivity index (χ2n) is 5.46. The third-order valence-electron chi connectivity index (χ3n) is 3.51. The van der Waals surface area contributed by atoms with Crippen LogP contribution in [0.5, 0.6) is 0 Å². The number of benzene rings is 1. The fourth-order valence-electron chi connectivity index (χ4n) is 2.57. The highest BCUT2D eigenvalue weighted by atomic mass is 16.5. The molecule has 0 fully saturated rings. The highest BCUT2D eigenvalue weighted by molar-refractivity contribution is 5.72. The van der Waals surface area contributed by atoms with Crippen molar-refractivity contribution in [3.05, 3.63) is 47.5 Å². The Labute approximate surface area is 115 Å². The minimum absolute atomic E-state index is 0.0197. The van der Waals surface area contributed by atoms with Crippen LogP contribution in [0, 0.1) is 0 Å². The topological polar surface area (TPSA) is 26.3 Å². The zero-order chi connectivity index (χ0) is 13.7. The number of carbonyl (C=O) groups is 1. The zero-order valence-corrected chi connectivity index (χ0v) is 11.8. The van der Waals surface area contributed by atoms with Crippen LogP contribution in [0.4, 0.5) is 0 Å². The van der Waals surface area contributed by atoms with Crippen molar-refractivity contribution in [2.45, 2.75) is 51.6 Å². The van der Waals surface area contributed by atoms with Gasteiger partial charge in [-0.25, -0.2) is 0 Å². The molecule has 19 heavy (non-hydrogen) atoms. The van der Waals surface area contributed by atoms with E-state index in [1.54, 1.807) is 0 Å². The van der Waals surface area contributed by atoms with Gasteiger partial charge in [-0.05, 0) is 44.6 Å². The van der Waals surface area contributed by atoms with Crippen molar-refractivity contribution in [1.29, 1.82) is 0 Å². The van der Waals surface area contributed by atoms with Gasteiger partial charge in [-0.1, -0.05) is 42.0 Å². The largest absolute Gasteiger partial charge is 0.463 e. The summed E-state index contributed by atoms with van der Waals surface area (Å²) in [5.74, 6) is 0.505. The van der Waals surface area contributed by atoms with Crippen LogP contribution < -0.4 is 0 Å². The molecule has 0 amide bonds. The molecule has 0 radical (unpaired) electrons. The molecular weight excluding hydrogens is 236 g/mol. The van der Waals surface area contributed by atoms with Gasteiger partial charge in [0, 0.05) is 0 Å². The van der Waals surface area contributed by atoms with Gasteiger partial charge in [0.25, 0.3) is 0 Å². The number of allylic oxidation sites excluding steroid dienone is 1. The van der Waals surface area contributed by atoms with Crippen molar-refractivity contribution in [3.63, 3.8) is 0 Å².